The molecule has 0 aliphatic rings. The lowest BCUT2D eigenvalue weighted by Crippen LogP contribution is -1.88. The number of aromatic nitrogens is 2. The van der Waals surface area contributed by atoms with Crippen molar-refractivity contribution in [3.63, 3.8) is 0 Å². The maximum atomic E-state index is 8.68. The second-order valence-corrected chi connectivity index (χ2v) is 3.80. The lowest BCUT2D eigenvalue weighted by atomic mass is 10.3. The minimum atomic E-state index is 0.349. The van der Waals surface area contributed by atoms with Gasteiger partial charge in [0.1, 0.15) is 17.3 Å². The lowest BCUT2D eigenvalue weighted by molar-refractivity contribution is 1.28. The summed E-state index contributed by atoms with van der Waals surface area (Å²) < 4.78 is 0.668. The van der Waals surface area contributed by atoms with E-state index in [1.807, 2.05) is 6.07 Å². The Labute approximate surface area is 93.5 Å². The van der Waals surface area contributed by atoms with Gasteiger partial charge >= 0.3 is 0 Å². The van der Waals surface area contributed by atoms with Crippen molar-refractivity contribution in [2.45, 2.75) is 0 Å². The molecule has 0 fully saturated rings. The molecule has 0 radical (unpaired) electrons. The minimum absolute atomic E-state index is 0.349. The standard InChI is InChI=1S/C9H3BrClN3/c10-8-6(11)4-13-7-2-1-5(3-12)14-9(7)8/h1-2,4H. The summed E-state index contributed by atoms with van der Waals surface area (Å²) in [6, 6.07) is 5.32. The monoisotopic (exact) mass is 267 g/mol. The molecule has 2 rings (SSSR count). The van der Waals surface area contributed by atoms with E-state index in [0.29, 0.717) is 26.2 Å². The van der Waals surface area contributed by atoms with Gasteiger partial charge in [0.2, 0.25) is 0 Å². The van der Waals surface area contributed by atoms with Crippen LogP contribution < -0.4 is 0 Å². The Bertz CT molecular complexity index is 547. The number of nitrogens with zero attached hydrogens (tertiary/aromatic N) is 3. The van der Waals surface area contributed by atoms with Gasteiger partial charge in [-0.25, -0.2) is 4.98 Å². The normalized spacial score (nSPS) is 10.1. The van der Waals surface area contributed by atoms with Crippen molar-refractivity contribution in [2.24, 2.45) is 0 Å². The van der Waals surface area contributed by atoms with E-state index in [1.165, 1.54) is 0 Å². The fourth-order valence-electron chi connectivity index (χ4n) is 1.08. The Kier molecular flexibility index (Phi) is 2.36. The molecular formula is C9H3BrClN3. The van der Waals surface area contributed by atoms with Crippen LogP contribution in [0.5, 0.6) is 0 Å². The smallest absolute Gasteiger partial charge is 0.141 e. The van der Waals surface area contributed by atoms with Crippen LogP contribution in [0.2, 0.25) is 5.02 Å². The average molecular weight is 269 g/mol. The van der Waals surface area contributed by atoms with Gasteiger partial charge in [-0.15, -0.1) is 0 Å². The molecule has 68 valence electrons. The van der Waals surface area contributed by atoms with Crippen LogP contribution in [0.15, 0.2) is 22.8 Å². The van der Waals surface area contributed by atoms with Crippen LogP contribution in [0.1, 0.15) is 5.69 Å². The number of nitriles is 1. The molecule has 5 heteroatoms. The average Bonchev–Trinajstić information content (AvgIpc) is 2.23. The molecule has 2 aromatic heterocycles. The third kappa shape index (κ3) is 1.45. The molecule has 0 saturated heterocycles. The van der Waals surface area contributed by atoms with Gasteiger partial charge in [0.25, 0.3) is 0 Å². The van der Waals surface area contributed by atoms with Crippen LogP contribution in [-0.2, 0) is 0 Å². The highest BCUT2D eigenvalue weighted by molar-refractivity contribution is 9.10. The van der Waals surface area contributed by atoms with Gasteiger partial charge in [-0.3, -0.25) is 4.98 Å². The number of pyridine rings is 2. The molecular weight excluding hydrogens is 265 g/mol. The fraction of sp³-hybridized carbons (Fsp3) is 0. The van der Waals surface area contributed by atoms with Crippen LogP contribution in [0.4, 0.5) is 0 Å². The number of hydrogen-bond acceptors (Lipinski definition) is 3. The summed E-state index contributed by atoms with van der Waals surface area (Å²) in [7, 11) is 0. The summed E-state index contributed by atoms with van der Waals surface area (Å²) in [5.74, 6) is 0. The van der Waals surface area contributed by atoms with E-state index >= 15 is 0 Å². The molecule has 0 aliphatic carbocycles. The summed E-state index contributed by atoms with van der Waals surface area (Å²) in [4.78, 5) is 8.18. The molecule has 0 atom stereocenters. The van der Waals surface area contributed by atoms with Gasteiger partial charge in [-0.2, -0.15) is 5.26 Å². The Hall–Kier alpha value is -1.18. The molecule has 0 bridgehead atoms. The summed E-state index contributed by atoms with van der Waals surface area (Å²) in [5.41, 5.74) is 1.67. The molecule has 2 heterocycles. The summed E-state index contributed by atoms with van der Waals surface area (Å²) in [5, 5.41) is 9.16. The van der Waals surface area contributed by atoms with Crippen molar-refractivity contribution in [3.8, 4) is 6.07 Å². The van der Waals surface area contributed by atoms with Crippen molar-refractivity contribution >= 4 is 38.6 Å². The number of halogens is 2. The van der Waals surface area contributed by atoms with Gasteiger partial charge in [-0.1, -0.05) is 11.6 Å². The van der Waals surface area contributed by atoms with Gasteiger partial charge in [-0.05, 0) is 28.1 Å². The van der Waals surface area contributed by atoms with Crippen LogP contribution in [0.25, 0.3) is 11.0 Å². The number of fused-ring (bicyclic) bond motifs is 1. The topological polar surface area (TPSA) is 49.6 Å². The Balaban J connectivity index is 2.86. The Morgan fingerprint density at radius 2 is 2.21 bits per heavy atom. The summed E-state index contributed by atoms with van der Waals surface area (Å²) in [6.45, 7) is 0. The molecule has 14 heavy (non-hydrogen) atoms. The third-order valence-electron chi connectivity index (χ3n) is 1.72. The van der Waals surface area contributed by atoms with E-state index in [0.717, 1.165) is 0 Å². The first-order valence-electron chi connectivity index (χ1n) is 3.73. The van der Waals surface area contributed by atoms with Gasteiger partial charge in [0.15, 0.2) is 0 Å². The van der Waals surface area contributed by atoms with Gasteiger partial charge in [0, 0.05) is 6.20 Å². The maximum absolute atomic E-state index is 8.68. The highest BCUT2D eigenvalue weighted by Crippen LogP contribution is 2.27. The van der Waals surface area contributed by atoms with Crippen molar-refractivity contribution in [3.05, 3.63) is 33.5 Å². The third-order valence-corrected chi connectivity index (χ3v) is 3.04. The quantitative estimate of drug-likeness (QED) is 0.738. The molecule has 0 aromatic carbocycles. The zero-order valence-electron chi connectivity index (χ0n) is 6.83. The first-order valence-corrected chi connectivity index (χ1v) is 4.90. The molecule has 2 aromatic rings. The first kappa shape index (κ1) is 9.38. The summed E-state index contributed by atoms with van der Waals surface area (Å²) in [6.07, 6.45) is 1.54. The first-order chi connectivity index (χ1) is 6.72. The van der Waals surface area contributed by atoms with Crippen molar-refractivity contribution in [1.82, 2.24) is 9.97 Å². The molecule has 0 aliphatic heterocycles. The van der Waals surface area contributed by atoms with E-state index in [1.54, 1.807) is 18.3 Å². The highest BCUT2D eigenvalue weighted by atomic mass is 79.9. The van der Waals surface area contributed by atoms with Crippen molar-refractivity contribution in [2.75, 3.05) is 0 Å². The van der Waals surface area contributed by atoms with E-state index in [4.69, 9.17) is 16.9 Å². The predicted octanol–water partition coefficient (Wildman–Crippen LogP) is 2.92. The maximum Gasteiger partial charge on any atom is 0.141 e. The number of hydrogen-bond donors (Lipinski definition) is 0. The van der Waals surface area contributed by atoms with E-state index in [2.05, 4.69) is 25.9 Å². The number of rotatable bonds is 0. The van der Waals surface area contributed by atoms with Gasteiger partial charge in [0.05, 0.1) is 15.0 Å². The van der Waals surface area contributed by atoms with Crippen molar-refractivity contribution < 1.29 is 0 Å². The molecule has 0 spiro atoms. The summed E-state index contributed by atoms with van der Waals surface area (Å²) >= 11 is 9.15. The Morgan fingerprint density at radius 1 is 1.43 bits per heavy atom. The zero-order chi connectivity index (χ0) is 10.1. The van der Waals surface area contributed by atoms with E-state index in [9.17, 15) is 0 Å². The van der Waals surface area contributed by atoms with Crippen molar-refractivity contribution in [1.29, 1.82) is 5.26 Å². The SMILES string of the molecule is N#Cc1ccc2ncc(Cl)c(Br)c2n1. The molecule has 0 unspecified atom stereocenters. The fourth-order valence-corrected chi connectivity index (χ4v) is 1.61. The zero-order valence-corrected chi connectivity index (χ0v) is 9.17. The molecule has 0 saturated carbocycles. The van der Waals surface area contributed by atoms with Crippen LogP contribution in [-0.4, -0.2) is 9.97 Å². The second kappa shape index (κ2) is 3.52. The molecule has 0 amide bonds. The van der Waals surface area contributed by atoms with Crippen LogP contribution >= 0.6 is 27.5 Å². The van der Waals surface area contributed by atoms with Crippen LogP contribution in [0, 0.1) is 11.3 Å². The Morgan fingerprint density at radius 3 is 2.93 bits per heavy atom. The highest BCUT2D eigenvalue weighted by Gasteiger charge is 2.06. The van der Waals surface area contributed by atoms with Crippen LogP contribution in [0.3, 0.4) is 0 Å². The predicted molar refractivity (Wildman–Crippen MR) is 57.0 cm³/mol. The van der Waals surface area contributed by atoms with E-state index < -0.39 is 0 Å². The molecule has 0 N–H and O–H groups in total. The largest absolute Gasteiger partial charge is 0.253 e. The lowest BCUT2D eigenvalue weighted by Gasteiger charge is -2.00. The second-order valence-electron chi connectivity index (χ2n) is 2.60. The molecule has 3 nitrogen and oxygen atoms in total. The minimum Gasteiger partial charge on any atom is -0.253 e. The van der Waals surface area contributed by atoms with E-state index in [-0.39, 0.29) is 0 Å². The van der Waals surface area contributed by atoms with Gasteiger partial charge < -0.3 is 0 Å².